The predicted octanol–water partition coefficient (Wildman–Crippen LogP) is 1.11. The maximum atomic E-state index is 12.6. The van der Waals surface area contributed by atoms with Crippen LogP contribution in [-0.2, 0) is 6.54 Å². The largest absolute Gasteiger partial charge is 0.491 e. The molecule has 2 aliphatic rings. The number of carbonyl (C=O) groups is 1. The van der Waals surface area contributed by atoms with Crippen LogP contribution >= 0.6 is 11.3 Å². The zero-order chi connectivity index (χ0) is 22.1. The molecule has 2 aromatic heterocycles. The molecule has 1 amide bonds. The lowest BCUT2D eigenvalue weighted by molar-refractivity contribution is 0.0461. The summed E-state index contributed by atoms with van der Waals surface area (Å²) in [5.41, 5.74) is 2.43. The van der Waals surface area contributed by atoms with Crippen LogP contribution in [0.2, 0.25) is 0 Å². The molecule has 5 rings (SSSR count). The number of carbonyl (C=O) groups excluding carboxylic acids is 1. The van der Waals surface area contributed by atoms with Crippen molar-refractivity contribution in [2.75, 3.05) is 45.2 Å². The van der Waals surface area contributed by atoms with Gasteiger partial charge in [-0.05, 0) is 31.6 Å². The highest BCUT2D eigenvalue weighted by atomic mass is 32.1. The fourth-order valence-electron chi connectivity index (χ4n) is 3.91. The van der Waals surface area contributed by atoms with E-state index in [1.807, 2.05) is 16.7 Å². The molecule has 11 heteroatoms. The van der Waals surface area contributed by atoms with Crippen LogP contribution in [0.25, 0.3) is 10.9 Å². The van der Waals surface area contributed by atoms with Crippen LogP contribution < -0.4 is 20.4 Å². The first-order chi connectivity index (χ1) is 15.6. The SMILES string of the molecule is COc1c(OCC(O)CN2CCC2)ccc2c3n(c(=NC(=O)c4cncs4)nc12)CCN3. The highest BCUT2D eigenvalue weighted by molar-refractivity contribution is 7.11. The number of nitrogens with one attached hydrogen (secondary N) is 1. The molecule has 32 heavy (non-hydrogen) atoms. The Labute approximate surface area is 188 Å². The molecule has 2 aliphatic heterocycles. The Hall–Kier alpha value is -3.02. The summed E-state index contributed by atoms with van der Waals surface area (Å²) in [5, 5.41) is 14.5. The molecule has 2 N–H and O–H groups in total. The van der Waals surface area contributed by atoms with Crippen molar-refractivity contribution in [2.45, 2.75) is 19.1 Å². The van der Waals surface area contributed by atoms with E-state index in [0.29, 0.717) is 47.1 Å². The van der Waals surface area contributed by atoms with E-state index in [1.165, 1.54) is 24.0 Å². The smallest absolute Gasteiger partial charge is 0.291 e. The molecule has 0 radical (unpaired) electrons. The van der Waals surface area contributed by atoms with Crippen molar-refractivity contribution in [3.63, 3.8) is 0 Å². The fourth-order valence-corrected chi connectivity index (χ4v) is 4.42. The van der Waals surface area contributed by atoms with Gasteiger partial charge in [-0.25, -0.2) is 4.98 Å². The number of likely N-dealkylation sites (tertiary alicyclic amines) is 1. The third-order valence-corrected chi connectivity index (χ3v) is 6.36. The van der Waals surface area contributed by atoms with Crippen molar-refractivity contribution in [3.05, 3.63) is 34.3 Å². The third kappa shape index (κ3) is 3.94. The van der Waals surface area contributed by atoms with Crippen molar-refractivity contribution in [1.82, 2.24) is 19.4 Å². The van der Waals surface area contributed by atoms with Crippen molar-refractivity contribution in [2.24, 2.45) is 4.99 Å². The van der Waals surface area contributed by atoms with Gasteiger partial charge in [-0.15, -0.1) is 11.3 Å². The van der Waals surface area contributed by atoms with E-state index in [4.69, 9.17) is 9.47 Å². The van der Waals surface area contributed by atoms with Gasteiger partial charge in [-0.3, -0.25) is 14.3 Å². The molecule has 3 aromatic rings. The first-order valence-electron chi connectivity index (χ1n) is 10.5. The second kappa shape index (κ2) is 8.85. The number of hydrogen-bond donors (Lipinski definition) is 2. The van der Waals surface area contributed by atoms with Crippen molar-refractivity contribution >= 4 is 34.0 Å². The average Bonchev–Trinajstić information content (AvgIpc) is 3.47. The van der Waals surface area contributed by atoms with Gasteiger partial charge in [0.05, 0.1) is 18.8 Å². The lowest BCUT2D eigenvalue weighted by Gasteiger charge is -2.32. The van der Waals surface area contributed by atoms with Crippen LogP contribution in [0.15, 0.2) is 28.8 Å². The number of amides is 1. The number of β-amino-alcohol motifs (C(OH)–C–C–N with tert-alkyl or cyclic N) is 1. The number of ether oxygens (including phenoxy) is 2. The average molecular weight is 457 g/mol. The first kappa shape index (κ1) is 20.9. The molecule has 1 saturated heterocycles. The Bertz CT molecular complexity index is 1210. The molecule has 10 nitrogen and oxygen atoms in total. The summed E-state index contributed by atoms with van der Waals surface area (Å²) in [6.45, 7) is 4.13. The molecule has 0 spiro atoms. The van der Waals surface area contributed by atoms with Gasteiger partial charge in [0.15, 0.2) is 11.5 Å². The number of nitrogens with zero attached hydrogens (tertiary/aromatic N) is 5. The highest BCUT2D eigenvalue weighted by Gasteiger charge is 2.22. The minimum atomic E-state index is -0.594. The van der Waals surface area contributed by atoms with E-state index in [2.05, 4.69) is 25.2 Å². The summed E-state index contributed by atoms with van der Waals surface area (Å²) in [5.74, 6) is 1.37. The Morgan fingerprint density at radius 3 is 2.97 bits per heavy atom. The fraction of sp³-hybridized carbons (Fsp3) is 0.429. The summed E-state index contributed by atoms with van der Waals surface area (Å²) >= 11 is 1.24. The van der Waals surface area contributed by atoms with Crippen LogP contribution in [0.4, 0.5) is 5.82 Å². The second-order valence-corrected chi connectivity index (χ2v) is 8.62. The van der Waals surface area contributed by atoms with E-state index in [-0.39, 0.29) is 12.5 Å². The Morgan fingerprint density at radius 1 is 1.38 bits per heavy atom. The Morgan fingerprint density at radius 2 is 2.25 bits per heavy atom. The molecule has 0 bridgehead atoms. The summed E-state index contributed by atoms with van der Waals surface area (Å²) < 4.78 is 13.4. The minimum Gasteiger partial charge on any atom is -0.491 e. The van der Waals surface area contributed by atoms with E-state index in [9.17, 15) is 9.90 Å². The maximum absolute atomic E-state index is 12.6. The van der Waals surface area contributed by atoms with Crippen molar-refractivity contribution in [3.8, 4) is 11.5 Å². The van der Waals surface area contributed by atoms with E-state index in [1.54, 1.807) is 12.6 Å². The van der Waals surface area contributed by atoms with Gasteiger partial charge in [0.2, 0.25) is 5.62 Å². The summed E-state index contributed by atoms with van der Waals surface area (Å²) in [6.07, 6.45) is 2.08. The maximum Gasteiger partial charge on any atom is 0.291 e. The number of hydrogen-bond acceptors (Lipinski definition) is 9. The number of benzene rings is 1. The number of anilines is 1. The zero-order valence-corrected chi connectivity index (χ0v) is 18.5. The number of aliphatic hydroxyl groups excluding tert-OH is 1. The number of methoxy groups -OCH3 is 1. The summed E-state index contributed by atoms with van der Waals surface area (Å²) in [7, 11) is 1.55. The third-order valence-electron chi connectivity index (χ3n) is 5.60. The van der Waals surface area contributed by atoms with Crippen molar-refractivity contribution < 1.29 is 19.4 Å². The van der Waals surface area contributed by atoms with Gasteiger partial charge in [-0.1, -0.05) is 0 Å². The molecular weight excluding hydrogens is 432 g/mol. The zero-order valence-electron chi connectivity index (χ0n) is 17.7. The quantitative estimate of drug-likeness (QED) is 0.544. The first-order valence-corrected chi connectivity index (χ1v) is 11.4. The number of aliphatic hydroxyl groups is 1. The van der Waals surface area contributed by atoms with Crippen LogP contribution in [0, 0.1) is 0 Å². The number of rotatable bonds is 7. The molecule has 1 atom stereocenters. The summed E-state index contributed by atoms with van der Waals surface area (Å²) in [6, 6.07) is 3.72. The lowest BCUT2D eigenvalue weighted by Crippen LogP contribution is -2.43. The molecule has 0 aliphatic carbocycles. The molecule has 0 saturated carbocycles. The van der Waals surface area contributed by atoms with Gasteiger partial charge >= 0.3 is 0 Å². The highest BCUT2D eigenvalue weighted by Crippen LogP contribution is 2.37. The normalized spacial score (nSPS) is 17.0. The standard InChI is InChI=1S/C21H24N6O4S/c1-30-18-15(31-11-13(28)10-26-6-2-7-26)4-3-14-17(18)24-21(27-8-5-23-19(14)27)25-20(29)16-9-22-12-32-16/h3-4,9,12-13,23,28H,2,5-8,10-11H2,1H3. The molecular formula is C21H24N6O4S. The molecule has 1 aromatic carbocycles. The molecule has 1 unspecified atom stereocenters. The van der Waals surface area contributed by atoms with E-state index >= 15 is 0 Å². The van der Waals surface area contributed by atoms with Crippen LogP contribution in [0.1, 0.15) is 16.1 Å². The molecule has 168 valence electrons. The van der Waals surface area contributed by atoms with Gasteiger partial charge in [0.25, 0.3) is 5.91 Å². The van der Waals surface area contributed by atoms with Crippen LogP contribution in [0.5, 0.6) is 11.5 Å². The van der Waals surface area contributed by atoms with Gasteiger partial charge in [0.1, 0.15) is 28.9 Å². The van der Waals surface area contributed by atoms with E-state index < -0.39 is 6.10 Å². The van der Waals surface area contributed by atoms with E-state index in [0.717, 1.165) is 24.3 Å². The lowest BCUT2D eigenvalue weighted by atomic mass is 10.2. The Kier molecular flexibility index (Phi) is 5.77. The second-order valence-electron chi connectivity index (χ2n) is 7.73. The van der Waals surface area contributed by atoms with Crippen LogP contribution in [0.3, 0.4) is 0 Å². The van der Waals surface area contributed by atoms with Crippen LogP contribution in [-0.4, -0.2) is 76.4 Å². The number of thiazole rings is 1. The predicted molar refractivity (Wildman–Crippen MR) is 119 cm³/mol. The topological polar surface area (TPSA) is 114 Å². The molecule has 4 heterocycles. The number of fused-ring (bicyclic) bond motifs is 3. The monoisotopic (exact) mass is 456 g/mol. The molecule has 1 fully saturated rings. The van der Waals surface area contributed by atoms with Gasteiger partial charge < -0.3 is 24.8 Å². The summed E-state index contributed by atoms with van der Waals surface area (Å²) in [4.78, 5) is 28.1. The van der Waals surface area contributed by atoms with Gasteiger partial charge in [0, 0.05) is 25.0 Å². The number of aromatic nitrogens is 3. The van der Waals surface area contributed by atoms with Crippen molar-refractivity contribution in [1.29, 1.82) is 0 Å². The minimum absolute atomic E-state index is 0.150. The van der Waals surface area contributed by atoms with Gasteiger partial charge in [-0.2, -0.15) is 4.99 Å². The Balaban J connectivity index is 1.51.